The molecule has 3 atom stereocenters. The first-order valence-electron chi connectivity index (χ1n) is 6.51. The molecule has 1 aromatic rings. The lowest BCUT2D eigenvalue weighted by Crippen LogP contribution is -2.23. The van der Waals surface area contributed by atoms with Gasteiger partial charge in [-0.15, -0.1) is 11.3 Å². The first kappa shape index (κ1) is 13.3. The van der Waals surface area contributed by atoms with E-state index >= 15 is 0 Å². The van der Waals surface area contributed by atoms with Crippen LogP contribution in [0.1, 0.15) is 44.1 Å². The number of aromatic nitrogens is 1. The fourth-order valence-electron chi connectivity index (χ4n) is 2.37. The number of nitrogens with one attached hydrogen (secondary N) is 1. The molecule has 100 valence electrons. The van der Waals surface area contributed by atoms with Gasteiger partial charge >= 0.3 is 5.97 Å². The molecule has 1 aromatic heterocycles. The van der Waals surface area contributed by atoms with Crippen LogP contribution in [-0.2, 0) is 4.74 Å². The van der Waals surface area contributed by atoms with Crippen molar-refractivity contribution >= 4 is 22.4 Å². The summed E-state index contributed by atoms with van der Waals surface area (Å²) in [4.78, 5) is 15.8. The maximum Gasteiger partial charge on any atom is 0.357 e. The Morgan fingerprint density at radius 2 is 2.33 bits per heavy atom. The number of ether oxygens (including phenoxy) is 1. The quantitative estimate of drug-likeness (QED) is 0.852. The van der Waals surface area contributed by atoms with Gasteiger partial charge in [0.25, 0.3) is 0 Å². The Hall–Kier alpha value is -1.10. The summed E-state index contributed by atoms with van der Waals surface area (Å²) in [6, 6.07) is 0.473. The molecular weight excluding hydrogens is 248 g/mol. The molecule has 1 saturated carbocycles. The Labute approximate surface area is 112 Å². The fraction of sp³-hybridized carbons (Fsp3) is 0.692. The van der Waals surface area contributed by atoms with E-state index in [1.807, 2.05) is 0 Å². The molecule has 2 rings (SSSR count). The van der Waals surface area contributed by atoms with Crippen molar-refractivity contribution < 1.29 is 9.53 Å². The largest absolute Gasteiger partial charge is 0.461 e. The number of carbonyl (C=O) groups is 1. The maximum atomic E-state index is 11.5. The van der Waals surface area contributed by atoms with Gasteiger partial charge in [-0.05, 0) is 31.6 Å². The highest BCUT2D eigenvalue weighted by Crippen LogP contribution is 2.33. The van der Waals surface area contributed by atoms with E-state index in [2.05, 4.69) is 24.1 Å². The van der Waals surface area contributed by atoms with Gasteiger partial charge in [0.1, 0.15) is 0 Å². The normalized spacial score (nSPS) is 27.2. The molecule has 0 aromatic carbocycles. The van der Waals surface area contributed by atoms with Crippen LogP contribution in [0.4, 0.5) is 5.13 Å². The summed E-state index contributed by atoms with van der Waals surface area (Å²) >= 11 is 1.47. The van der Waals surface area contributed by atoms with Crippen molar-refractivity contribution in [1.29, 1.82) is 0 Å². The lowest BCUT2D eigenvalue weighted by Gasteiger charge is -2.18. The topological polar surface area (TPSA) is 51.2 Å². The molecule has 1 heterocycles. The Bertz CT molecular complexity index is 419. The highest BCUT2D eigenvalue weighted by molar-refractivity contribution is 7.13. The summed E-state index contributed by atoms with van der Waals surface area (Å²) in [6.45, 7) is 6.74. The Morgan fingerprint density at radius 1 is 1.56 bits per heavy atom. The molecule has 4 nitrogen and oxygen atoms in total. The molecule has 0 bridgehead atoms. The predicted molar refractivity (Wildman–Crippen MR) is 73.0 cm³/mol. The molecule has 0 saturated heterocycles. The number of rotatable bonds is 4. The maximum absolute atomic E-state index is 11.5. The summed E-state index contributed by atoms with van der Waals surface area (Å²) in [7, 11) is 0. The van der Waals surface area contributed by atoms with Gasteiger partial charge in [-0.1, -0.05) is 13.8 Å². The molecule has 18 heavy (non-hydrogen) atoms. The van der Waals surface area contributed by atoms with Crippen LogP contribution < -0.4 is 5.32 Å². The fourth-order valence-corrected chi connectivity index (χ4v) is 3.11. The van der Waals surface area contributed by atoms with Crippen LogP contribution >= 0.6 is 11.3 Å². The van der Waals surface area contributed by atoms with Gasteiger partial charge in [-0.2, -0.15) is 0 Å². The first-order valence-corrected chi connectivity index (χ1v) is 7.39. The Morgan fingerprint density at radius 3 is 2.94 bits per heavy atom. The number of anilines is 1. The van der Waals surface area contributed by atoms with E-state index in [0.29, 0.717) is 24.3 Å². The van der Waals surface area contributed by atoms with Crippen molar-refractivity contribution in [3.8, 4) is 0 Å². The van der Waals surface area contributed by atoms with Crippen molar-refractivity contribution in [2.24, 2.45) is 11.8 Å². The minimum Gasteiger partial charge on any atom is -0.461 e. The minimum absolute atomic E-state index is 0.338. The highest BCUT2D eigenvalue weighted by atomic mass is 32.1. The first-order chi connectivity index (χ1) is 8.61. The zero-order valence-electron chi connectivity index (χ0n) is 11.1. The van der Waals surface area contributed by atoms with E-state index in [1.165, 1.54) is 24.2 Å². The SMILES string of the molecule is CCOC(=O)c1csc(NC2CCC(C)C2C)n1. The van der Waals surface area contributed by atoms with Crippen molar-refractivity contribution in [1.82, 2.24) is 4.98 Å². The molecule has 3 unspecified atom stereocenters. The molecule has 0 spiro atoms. The molecule has 0 aliphatic heterocycles. The van der Waals surface area contributed by atoms with Crippen LogP contribution in [0.25, 0.3) is 0 Å². The van der Waals surface area contributed by atoms with E-state index in [1.54, 1.807) is 12.3 Å². The van der Waals surface area contributed by atoms with Gasteiger partial charge in [0.2, 0.25) is 0 Å². The third kappa shape index (κ3) is 2.83. The third-order valence-electron chi connectivity index (χ3n) is 3.76. The van der Waals surface area contributed by atoms with Gasteiger partial charge in [0.05, 0.1) is 6.61 Å². The number of nitrogens with zero attached hydrogens (tertiary/aromatic N) is 1. The van der Waals surface area contributed by atoms with Gasteiger partial charge in [0.15, 0.2) is 10.8 Å². The highest BCUT2D eigenvalue weighted by Gasteiger charge is 2.30. The number of thiazole rings is 1. The standard InChI is InChI=1S/C13H20N2O2S/c1-4-17-12(16)11-7-18-13(15-11)14-10-6-5-8(2)9(10)3/h7-10H,4-6H2,1-3H3,(H,14,15). The average molecular weight is 268 g/mol. The molecule has 5 heteroatoms. The summed E-state index contributed by atoms with van der Waals surface area (Å²) in [5, 5.41) is 6.01. The number of esters is 1. The smallest absolute Gasteiger partial charge is 0.357 e. The lowest BCUT2D eigenvalue weighted by molar-refractivity contribution is 0.0520. The van der Waals surface area contributed by atoms with E-state index in [9.17, 15) is 4.79 Å². The monoisotopic (exact) mass is 268 g/mol. The zero-order chi connectivity index (χ0) is 13.1. The summed E-state index contributed by atoms with van der Waals surface area (Å²) in [6.07, 6.45) is 2.44. The lowest BCUT2D eigenvalue weighted by atomic mass is 9.98. The van der Waals surface area contributed by atoms with Gasteiger partial charge in [-0.25, -0.2) is 9.78 Å². The second-order valence-corrected chi connectivity index (χ2v) is 5.78. The molecule has 0 radical (unpaired) electrons. The van der Waals surface area contributed by atoms with E-state index in [0.717, 1.165) is 11.0 Å². The van der Waals surface area contributed by atoms with Crippen LogP contribution in [0.5, 0.6) is 0 Å². The number of hydrogen-bond donors (Lipinski definition) is 1. The minimum atomic E-state index is -0.338. The van der Waals surface area contributed by atoms with Crippen LogP contribution in [0, 0.1) is 11.8 Å². The van der Waals surface area contributed by atoms with Crippen LogP contribution in [-0.4, -0.2) is 23.6 Å². The predicted octanol–water partition coefficient (Wildman–Crippen LogP) is 3.17. The van der Waals surface area contributed by atoms with Gasteiger partial charge in [-0.3, -0.25) is 0 Å². The second-order valence-electron chi connectivity index (χ2n) is 4.92. The van der Waals surface area contributed by atoms with Gasteiger partial charge < -0.3 is 10.1 Å². The molecular formula is C13H20N2O2S. The number of hydrogen-bond acceptors (Lipinski definition) is 5. The van der Waals surface area contributed by atoms with Crippen molar-refractivity contribution in [3.63, 3.8) is 0 Å². The molecule has 1 N–H and O–H groups in total. The van der Waals surface area contributed by atoms with Crippen LogP contribution in [0.2, 0.25) is 0 Å². The molecule has 1 fully saturated rings. The van der Waals surface area contributed by atoms with Gasteiger partial charge in [0, 0.05) is 11.4 Å². The second kappa shape index (κ2) is 5.69. The van der Waals surface area contributed by atoms with E-state index in [-0.39, 0.29) is 5.97 Å². The van der Waals surface area contributed by atoms with E-state index in [4.69, 9.17) is 4.74 Å². The summed E-state index contributed by atoms with van der Waals surface area (Å²) < 4.78 is 4.93. The van der Waals surface area contributed by atoms with Crippen molar-refractivity contribution in [2.45, 2.75) is 39.7 Å². The van der Waals surface area contributed by atoms with E-state index < -0.39 is 0 Å². The van der Waals surface area contributed by atoms with Crippen molar-refractivity contribution in [3.05, 3.63) is 11.1 Å². The summed E-state index contributed by atoms with van der Waals surface area (Å²) in [5.41, 5.74) is 0.406. The molecule has 1 aliphatic rings. The van der Waals surface area contributed by atoms with Crippen LogP contribution in [0.15, 0.2) is 5.38 Å². The number of carbonyl (C=O) groups excluding carboxylic acids is 1. The van der Waals surface area contributed by atoms with Crippen molar-refractivity contribution in [2.75, 3.05) is 11.9 Å². The summed E-state index contributed by atoms with van der Waals surface area (Å²) in [5.74, 6) is 1.07. The Kier molecular flexibility index (Phi) is 4.22. The Balaban J connectivity index is 1.96. The zero-order valence-corrected chi connectivity index (χ0v) is 11.9. The molecule has 0 amide bonds. The average Bonchev–Trinajstić information content (AvgIpc) is 2.92. The third-order valence-corrected chi connectivity index (χ3v) is 4.54. The van der Waals surface area contributed by atoms with Crippen LogP contribution in [0.3, 0.4) is 0 Å². The molecule has 1 aliphatic carbocycles.